The van der Waals surface area contributed by atoms with Gasteiger partial charge in [-0.05, 0) is 30.9 Å². The number of rotatable bonds is 7. The van der Waals surface area contributed by atoms with Crippen molar-refractivity contribution in [2.45, 2.75) is 38.3 Å². The smallest absolute Gasteiger partial charge is 0.211 e. The van der Waals surface area contributed by atoms with Crippen LogP contribution in [-0.2, 0) is 16.6 Å². The molecular formula is C22H28N2O3S. The Morgan fingerprint density at radius 3 is 2.11 bits per heavy atom. The predicted octanol–water partition coefficient (Wildman–Crippen LogP) is 3.61. The highest BCUT2D eigenvalue weighted by Crippen LogP contribution is 2.29. The number of aliphatic hydroxyl groups excluding tert-OH is 1. The molecule has 1 heterocycles. The summed E-state index contributed by atoms with van der Waals surface area (Å²) in [6.45, 7) is 1.02. The van der Waals surface area contributed by atoms with Crippen molar-refractivity contribution in [3.05, 3.63) is 48.5 Å². The fraction of sp³-hybridized carbons (Fsp3) is 0.455. The third-order valence-electron chi connectivity index (χ3n) is 5.89. The third-order valence-corrected chi connectivity index (χ3v) is 7.13. The number of fused-ring (bicyclic) bond motifs is 3. The first-order valence-corrected chi connectivity index (χ1v) is 11.9. The summed E-state index contributed by atoms with van der Waals surface area (Å²) >= 11 is 0. The van der Waals surface area contributed by atoms with Gasteiger partial charge in [0.1, 0.15) is 0 Å². The van der Waals surface area contributed by atoms with Gasteiger partial charge in [-0.1, -0.05) is 49.2 Å². The molecule has 0 radical (unpaired) electrons. The molecule has 28 heavy (non-hydrogen) atoms. The van der Waals surface area contributed by atoms with Crippen molar-refractivity contribution in [1.29, 1.82) is 0 Å². The van der Waals surface area contributed by atoms with E-state index in [1.165, 1.54) is 23.4 Å². The zero-order valence-corrected chi connectivity index (χ0v) is 17.1. The van der Waals surface area contributed by atoms with E-state index in [1.54, 1.807) is 0 Å². The summed E-state index contributed by atoms with van der Waals surface area (Å²) in [4.78, 5) is 0. The normalized spacial score (nSPS) is 17.1. The van der Waals surface area contributed by atoms with Crippen molar-refractivity contribution in [3.8, 4) is 0 Å². The summed E-state index contributed by atoms with van der Waals surface area (Å²) in [5.74, 6) is 0.412. The summed E-state index contributed by atoms with van der Waals surface area (Å²) in [5, 5.41) is 13.1. The number of hydrogen-bond acceptors (Lipinski definition) is 3. The molecule has 1 aromatic heterocycles. The standard InChI is InChI=1S/C22H28N2O3S/c1-28(26,27)23(14-17-8-2-3-9-17)15-18(25)16-24-21-12-6-4-10-19(21)20-11-5-7-13-22(20)24/h4-7,10-13,17-18,25H,2-3,8-9,14-16H2,1H3. The Kier molecular flexibility index (Phi) is 5.45. The van der Waals surface area contributed by atoms with Crippen LogP contribution in [0.15, 0.2) is 48.5 Å². The van der Waals surface area contributed by atoms with E-state index in [-0.39, 0.29) is 6.54 Å². The zero-order chi connectivity index (χ0) is 19.7. The second-order valence-electron chi connectivity index (χ2n) is 8.03. The van der Waals surface area contributed by atoms with Gasteiger partial charge in [-0.15, -0.1) is 0 Å². The largest absolute Gasteiger partial charge is 0.390 e. The second kappa shape index (κ2) is 7.85. The van der Waals surface area contributed by atoms with Crippen LogP contribution in [0.5, 0.6) is 0 Å². The zero-order valence-electron chi connectivity index (χ0n) is 16.3. The van der Waals surface area contributed by atoms with Gasteiger partial charge in [0.2, 0.25) is 10.0 Å². The SMILES string of the molecule is CS(=O)(=O)N(CC(O)Cn1c2ccccc2c2ccccc21)CC1CCCC1. The van der Waals surface area contributed by atoms with E-state index < -0.39 is 16.1 Å². The molecule has 1 fully saturated rings. The van der Waals surface area contributed by atoms with Gasteiger partial charge >= 0.3 is 0 Å². The van der Waals surface area contributed by atoms with Crippen molar-refractivity contribution in [1.82, 2.24) is 8.87 Å². The number of aromatic nitrogens is 1. The van der Waals surface area contributed by atoms with E-state index in [9.17, 15) is 13.5 Å². The summed E-state index contributed by atoms with van der Waals surface area (Å²) in [5.41, 5.74) is 2.12. The maximum Gasteiger partial charge on any atom is 0.211 e. The van der Waals surface area contributed by atoms with E-state index in [1.807, 2.05) is 24.3 Å². The molecule has 2 aromatic carbocycles. The fourth-order valence-electron chi connectivity index (χ4n) is 4.53. The lowest BCUT2D eigenvalue weighted by Crippen LogP contribution is -2.40. The average molecular weight is 401 g/mol. The quantitative estimate of drug-likeness (QED) is 0.659. The monoisotopic (exact) mass is 400 g/mol. The van der Waals surface area contributed by atoms with E-state index in [0.29, 0.717) is 19.0 Å². The Labute approximate surface area is 166 Å². The maximum atomic E-state index is 12.3. The Balaban J connectivity index is 1.59. The summed E-state index contributed by atoms with van der Waals surface area (Å²) in [6.07, 6.45) is 4.98. The number of aliphatic hydroxyl groups is 1. The molecule has 0 spiro atoms. The van der Waals surface area contributed by atoms with Crippen LogP contribution in [0.25, 0.3) is 21.8 Å². The molecule has 5 nitrogen and oxygen atoms in total. The Morgan fingerprint density at radius 2 is 1.57 bits per heavy atom. The van der Waals surface area contributed by atoms with Gasteiger partial charge in [0.15, 0.2) is 0 Å². The van der Waals surface area contributed by atoms with Crippen LogP contribution >= 0.6 is 0 Å². The molecule has 0 saturated heterocycles. The number of nitrogens with zero attached hydrogens (tertiary/aromatic N) is 2. The first-order chi connectivity index (χ1) is 13.4. The average Bonchev–Trinajstić information content (AvgIpc) is 3.28. The summed E-state index contributed by atoms with van der Waals surface area (Å²) in [6, 6.07) is 16.3. The van der Waals surface area contributed by atoms with Crippen LogP contribution in [0, 0.1) is 5.92 Å². The van der Waals surface area contributed by atoms with E-state index in [0.717, 1.165) is 34.6 Å². The summed E-state index contributed by atoms with van der Waals surface area (Å²) in [7, 11) is -3.35. The lowest BCUT2D eigenvalue weighted by atomic mass is 10.1. The molecule has 1 saturated carbocycles. The number of sulfonamides is 1. The number of hydrogen-bond donors (Lipinski definition) is 1. The van der Waals surface area contributed by atoms with Crippen LogP contribution < -0.4 is 0 Å². The highest BCUT2D eigenvalue weighted by molar-refractivity contribution is 7.88. The van der Waals surface area contributed by atoms with Crippen LogP contribution in [0.2, 0.25) is 0 Å². The molecule has 0 bridgehead atoms. The van der Waals surface area contributed by atoms with Crippen molar-refractivity contribution in [3.63, 3.8) is 0 Å². The van der Waals surface area contributed by atoms with Crippen molar-refractivity contribution in [2.24, 2.45) is 5.92 Å². The minimum atomic E-state index is -3.35. The van der Waals surface area contributed by atoms with Crippen LogP contribution in [-0.4, -0.2) is 47.8 Å². The highest BCUT2D eigenvalue weighted by Gasteiger charge is 2.26. The van der Waals surface area contributed by atoms with Gasteiger partial charge in [0, 0.05) is 34.9 Å². The van der Waals surface area contributed by atoms with Crippen molar-refractivity contribution >= 4 is 31.8 Å². The van der Waals surface area contributed by atoms with Crippen LogP contribution in [0.4, 0.5) is 0 Å². The summed E-state index contributed by atoms with van der Waals surface area (Å²) < 4.78 is 28.2. The van der Waals surface area contributed by atoms with Gasteiger partial charge in [0.25, 0.3) is 0 Å². The van der Waals surface area contributed by atoms with Crippen LogP contribution in [0.1, 0.15) is 25.7 Å². The van der Waals surface area contributed by atoms with E-state index in [2.05, 4.69) is 28.8 Å². The molecule has 4 rings (SSSR count). The van der Waals surface area contributed by atoms with Gasteiger partial charge < -0.3 is 9.67 Å². The van der Waals surface area contributed by atoms with Crippen molar-refractivity contribution in [2.75, 3.05) is 19.3 Å². The molecule has 3 aromatic rings. The molecule has 1 unspecified atom stereocenters. The topological polar surface area (TPSA) is 62.5 Å². The Hall–Kier alpha value is -1.89. The number of benzene rings is 2. The van der Waals surface area contributed by atoms with Gasteiger partial charge in [-0.3, -0.25) is 0 Å². The molecule has 0 aliphatic heterocycles. The predicted molar refractivity (Wildman–Crippen MR) is 114 cm³/mol. The molecule has 0 amide bonds. The van der Waals surface area contributed by atoms with Crippen LogP contribution in [0.3, 0.4) is 0 Å². The second-order valence-corrected chi connectivity index (χ2v) is 10.0. The molecule has 1 atom stereocenters. The van der Waals surface area contributed by atoms with Crippen molar-refractivity contribution < 1.29 is 13.5 Å². The molecule has 1 aliphatic rings. The molecule has 1 N–H and O–H groups in total. The molecule has 1 aliphatic carbocycles. The third kappa shape index (κ3) is 3.95. The number of para-hydroxylation sites is 2. The lowest BCUT2D eigenvalue weighted by Gasteiger charge is -2.26. The fourth-order valence-corrected chi connectivity index (χ4v) is 5.45. The lowest BCUT2D eigenvalue weighted by molar-refractivity contribution is 0.126. The first-order valence-electron chi connectivity index (χ1n) is 10.0. The molecular weight excluding hydrogens is 372 g/mol. The Bertz CT molecular complexity index is 1010. The highest BCUT2D eigenvalue weighted by atomic mass is 32.2. The van der Waals surface area contributed by atoms with Gasteiger partial charge in [0.05, 0.1) is 18.9 Å². The minimum absolute atomic E-state index is 0.135. The molecule has 6 heteroatoms. The minimum Gasteiger partial charge on any atom is -0.390 e. The van der Waals surface area contributed by atoms with E-state index in [4.69, 9.17) is 0 Å². The first kappa shape index (κ1) is 19.4. The Morgan fingerprint density at radius 1 is 1.04 bits per heavy atom. The molecule has 150 valence electrons. The van der Waals surface area contributed by atoms with Gasteiger partial charge in [-0.2, -0.15) is 4.31 Å². The van der Waals surface area contributed by atoms with Gasteiger partial charge in [-0.25, -0.2) is 8.42 Å². The van der Waals surface area contributed by atoms with E-state index >= 15 is 0 Å². The maximum absolute atomic E-state index is 12.3.